The van der Waals surface area contributed by atoms with E-state index in [9.17, 15) is 5.11 Å². The molecule has 2 fully saturated rings. The Morgan fingerprint density at radius 2 is 2.16 bits per heavy atom. The molecule has 104 valence electrons. The maximum Gasteiger partial charge on any atom is 0.0669 e. The number of ether oxygens (including phenoxy) is 1. The highest BCUT2D eigenvalue weighted by Crippen LogP contribution is 2.54. The molecule has 1 aliphatic carbocycles. The molecule has 1 saturated carbocycles. The molecule has 19 heavy (non-hydrogen) atoms. The summed E-state index contributed by atoms with van der Waals surface area (Å²) >= 11 is 0. The van der Waals surface area contributed by atoms with Crippen LogP contribution in [0.15, 0.2) is 30.3 Å². The van der Waals surface area contributed by atoms with Gasteiger partial charge in [-0.2, -0.15) is 0 Å². The highest BCUT2D eigenvalue weighted by Gasteiger charge is 2.50. The lowest BCUT2D eigenvalue weighted by molar-refractivity contribution is -0.00962. The SMILES string of the molecule is CC(O)(CC1COCCN1)C1CC1c1ccccc1. The van der Waals surface area contributed by atoms with Crippen LogP contribution in [0.4, 0.5) is 0 Å². The number of morpholine rings is 1. The molecule has 2 aliphatic rings. The smallest absolute Gasteiger partial charge is 0.0669 e. The van der Waals surface area contributed by atoms with Crippen molar-refractivity contribution in [2.24, 2.45) is 5.92 Å². The number of aliphatic hydroxyl groups is 1. The van der Waals surface area contributed by atoms with Crippen molar-refractivity contribution in [1.82, 2.24) is 5.32 Å². The number of hydrogen-bond acceptors (Lipinski definition) is 3. The standard InChI is InChI=1S/C16H23NO2/c1-16(18,10-13-11-19-8-7-17-13)15-9-14(15)12-5-3-2-4-6-12/h2-6,13-15,17-18H,7-11H2,1H3. The minimum absolute atomic E-state index is 0.292. The summed E-state index contributed by atoms with van der Waals surface area (Å²) in [5.41, 5.74) is 0.763. The molecule has 1 aromatic rings. The van der Waals surface area contributed by atoms with Gasteiger partial charge in [-0.3, -0.25) is 0 Å². The zero-order valence-electron chi connectivity index (χ0n) is 11.5. The van der Waals surface area contributed by atoms with Crippen molar-refractivity contribution in [2.75, 3.05) is 19.8 Å². The van der Waals surface area contributed by atoms with Crippen molar-refractivity contribution < 1.29 is 9.84 Å². The van der Waals surface area contributed by atoms with Crippen molar-refractivity contribution in [2.45, 2.75) is 37.3 Å². The van der Waals surface area contributed by atoms with E-state index in [4.69, 9.17) is 4.74 Å². The van der Waals surface area contributed by atoms with Gasteiger partial charge in [-0.1, -0.05) is 30.3 Å². The van der Waals surface area contributed by atoms with Crippen LogP contribution < -0.4 is 5.32 Å². The third kappa shape index (κ3) is 2.99. The van der Waals surface area contributed by atoms with Gasteiger partial charge < -0.3 is 15.2 Å². The normalized spacial score (nSPS) is 33.7. The number of nitrogens with one attached hydrogen (secondary N) is 1. The van der Waals surface area contributed by atoms with E-state index < -0.39 is 5.60 Å². The van der Waals surface area contributed by atoms with Crippen molar-refractivity contribution in [1.29, 1.82) is 0 Å². The molecule has 2 N–H and O–H groups in total. The first-order valence-electron chi connectivity index (χ1n) is 7.25. The lowest BCUT2D eigenvalue weighted by atomic mass is 9.89. The average Bonchev–Trinajstić information content (AvgIpc) is 3.21. The molecular weight excluding hydrogens is 238 g/mol. The second-order valence-corrected chi connectivity index (χ2v) is 6.15. The Hall–Kier alpha value is -0.900. The molecule has 0 bridgehead atoms. The first kappa shape index (κ1) is 13.1. The average molecular weight is 261 g/mol. The summed E-state index contributed by atoms with van der Waals surface area (Å²) in [7, 11) is 0. The van der Waals surface area contributed by atoms with Gasteiger partial charge in [0.1, 0.15) is 0 Å². The third-order valence-electron chi connectivity index (χ3n) is 4.48. The van der Waals surface area contributed by atoms with Gasteiger partial charge in [-0.05, 0) is 37.2 Å². The van der Waals surface area contributed by atoms with Crippen molar-refractivity contribution in [3.05, 3.63) is 35.9 Å². The first-order chi connectivity index (χ1) is 9.17. The van der Waals surface area contributed by atoms with Crippen molar-refractivity contribution >= 4 is 0 Å². The summed E-state index contributed by atoms with van der Waals surface area (Å²) in [5, 5.41) is 14.2. The third-order valence-corrected chi connectivity index (χ3v) is 4.48. The summed E-state index contributed by atoms with van der Waals surface area (Å²) in [6, 6.07) is 10.8. The number of benzene rings is 1. The van der Waals surface area contributed by atoms with Gasteiger partial charge in [0.2, 0.25) is 0 Å². The quantitative estimate of drug-likeness (QED) is 0.870. The molecule has 0 aromatic heterocycles. The molecule has 4 atom stereocenters. The van der Waals surface area contributed by atoms with Gasteiger partial charge in [0.05, 0.1) is 18.8 Å². The van der Waals surface area contributed by atoms with Crippen LogP contribution in [0.3, 0.4) is 0 Å². The zero-order chi connectivity index (χ0) is 13.3. The minimum Gasteiger partial charge on any atom is -0.390 e. The highest BCUT2D eigenvalue weighted by atomic mass is 16.5. The van der Waals surface area contributed by atoms with Crippen LogP contribution in [0.5, 0.6) is 0 Å². The lowest BCUT2D eigenvalue weighted by Gasteiger charge is -2.32. The van der Waals surface area contributed by atoms with Crippen LogP contribution in [0, 0.1) is 5.92 Å². The number of rotatable bonds is 4. The molecule has 1 aromatic carbocycles. The van der Waals surface area contributed by atoms with Crippen LogP contribution in [0.25, 0.3) is 0 Å². The summed E-state index contributed by atoms with van der Waals surface area (Å²) in [6.07, 6.45) is 1.88. The zero-order valence-corrected chi connectivity index (χ0v) is 11.5. The van der Waals surface area contributed by atoms with Gasteiger partial charge >= 0.3 is 0 Å². The first-order valence-corrected chi connectivity index (χ1v) is 7.25. The fourth-order valence-corrected chi connectivity index (χ4v) is 3.35. The molecule has 1 heterocycles. The van der Waals surface area contributed by atoms with E-state index in [0.717, 1.165) is 32.6 Å². The molecule has 4 unspecified atom stereocenters. The topological polar surface area (TPSA) is 41.5 Å². The molecule has 0 radical (unpaired) electrons. The van der Waals surface area contributed by atoms with E-state index in [1.54, 1.807) is 0 Å². The molecule has 3 nitrogen and oxygen atoms in total. The van der Waals surface area contributed by atoms with E-state index in [0.29, 0.717) is 17.9 Å². The van der Waals surface area contributed by atoms with Crippen LogP contribution in [-0.4, -0.2) is 36.5 Å². The summed E-state index contributed by atoms with van der Waals surface area (Å²) in [6.45, 7) is 4.39. The summed E-state index contributed by atoms with van der Waals surface area (Å²) in [5.74, 6) is 0.916. The molecule has 0 spiro atoms. The van der Waals surface area contributed by atoms with Crippen molar-refractivity contribution in [3.8, 4) is 0 Å². The van der Waals surface area contributed by atoms with Gasteiger partial charge in [-0.25, -0.2) is 0 Å². The van der Waals surface area contributed by atoms with Gasteiger partial charge in [0.25, 0.3) is 0 Å². The highest BCUT2D eigenvalue weighted by molar-refractivity contribution is 5.27. The van der Waals surface area contributed by atoms with Gasteiger partial charge in [-0.15, -0.1) is 0 Å². The van der Waals surface area contributed by atoms with E-state index in [2.05, 4.69) is 29.6 Å². The Kier molecular flexibility index (Phi) is 3.61. The Morgan fingerprint density at radius 3 is 2.84 bits per heavy atom. The Morgan fingerprint density at radius 1 is 1.37 bits per heavy atom. The predicted octanol–water partition coefficient (Wildman–Crippen LogP) is 1.92. The Bertz CT molecular complexity index is 412. The molecule has 1 aliphatic heterocycles. The van der Waals surface area contributed by atoms with Crippen LogP contribution in [0.1, 0.15) is 31.2 Å². The maximum absolute atomic E-state index is 10.7. The van der Waals surface area contributed by atoms with Gasteiger partial charge in [0.15, 0.2) is 0 Å². The molecule has 1 saturated heterocycles. The van der Waals surface area contributed by atoms with Crippen molar-refractivity contribution in [3.63, 3.8) is 0 Å². The van der Waals surface area contributed by atoms with E-state index in [1.165, 1.54) is 5.56 Å². The summed E-state index contributed by atoms with van der Waals surface area (Å²) in [4.78, 5) is 0. The lowest BCUT2D eigenvalue weighted by Crippen LogP contribution is -2.46. The van der Waals surface area contributed by atoms with Crippen LogP contribution >= 0.6 is 0 Å². The Balaban J connectivity index is 1.59. The minimum atomic E-state index is -0.598. The maximum atomic E-state index is 10.7. The van der Waals surface area contributed by atoms with E-state index in [1.807, 2.05) is 13.0 Å². The fraction of sp³-hybridized carbons (Fsp3) is 0.625. The molecule has 3 heteroatoms. The molecular formula is C16H23NO2. The second kappa shape index (κ2) is 5.23. The molecule has 3 rings (SSSR count). The Labute approximate surface area is 115 Å². The van der Waals surface area contributed by atoms with Crippen LogP contribution in [0.2, 0.25) is 0 Å². The molecule has 0 amide bonds. The van der Waals surface area contributed by atoms with Crippen LogP contribution in [-0.2, 0) is 4.74 Å². The largest absolute Gasteiger partial charge is 0.390 e. The van der Waals surface area contributed by atoms with Gasteiger partial charge in [0, 0.05) is 12.6 Å². The van der Waals surface area contributed by atoms with E-state index >= 15 is 0 Å². The predicted molar refractivity (Wildman–Crippen MR) is 75.1 cm³/mol. The van der Waals surface area contributed by atoms with E-state index in [-0.39, 0.29) is 0 Å². The fourth-order valence-electron chi connectivity index (χ4n) is 3.35. The summed E-state index contributed by atoms with van der Waals surface area (Å²) < 4.78 is 5.47. The number of hydrogen-bond donors (Lipinski definition) is 2. The second-order valence-electron chi connectivity index (χ2n) is 6.15. The monoisotopic (exact) mass is 261 g/mol.